The first kappa shape index (κ1) is 19.3. The number of benzene rings is 2. The molecule has 0 unspecified atom stereocenters. The van der Waals surface area contributed by atoms with Crippen molar-refractivity contribution in [1.82, 2.24) is 4.90 Å². The third-order valence-electron chi connectivity index (χ3n) is 4.60. The van der Waals surface area contributed by atoms with Gasteiger partial charge in [0.1, 0.15) is 0 Å². The van der Waals surface area contributed by atoms with E-state index in [1.54, 1.807) is 42.5 Å². The van der Waals surface area contributed by atoms with Crippen LogP contribution in [0, 0.1) is 0 Å². The van der Waals surface area contributed by atoms with Crippen molar-refractivity contribution in [3.63, 3.8) is 0 Å². The number of hydrogen-bond donors (Lipinski definition) is 1. The van der Waals surface area contributed by atoms with Gasteiger partial charge in [0.2, 0.25) is 5.91 Å². The van der Waals surface area contributed by atoms with Gasteiger partial charge in [-0.15, -0.1) is 0 Å². The monoisotopic (exact) mass is 412 g/mol. The standard InChI is InChI=1S/C21H20N2O5S/c24-19(22-14-6-7-17-18(12-14)28-10-3-9-27-17)13-29-11-8-23-20(25)15-4-1-2-5-16(15)21(23)26/h1-2,4-7,12H,3,8-11,13H2,(H,22,24). The molecule has 0 aromatic heterocycles. The highest BCUT2D eigenvalue weighted by Gasteiger charge is 2.34. The summed E-state index contributed by atoms with van der Waals surface area (Å²) in [6, 6.07) is 12.1. The number of nitrogens with zero attached hydrogens (tertiary/aromatic N) is 1. The van der Waals surface area contributed by atoms with Gasteiger partial charge in [0.05, 0.1) is 30.1 Å². The Morgan fingerprint density at radius 2 is 1.69 bits per heavy atom. The minimum absolute atomic E-state index is 0.160. The smallest absolute Gasteiger partial charge is 0.261 e. The van der Waals surface area contributed by atoms with E-state index in [4.69, 9.17) is 9.47 Å². The molecule has 4 rings (SSSR count). The third kappa shape index (κ3) is 4.22. The molecule has 0 radical (unpaired) electrons. The van der Waals surface area contributed by atoms with Crippen LogP contribution in [0.5, 0.6) is 11.5 Å². The van der Waals surface area contributed by atoms with Crippen molar-refractivity contribution in [3.05, 3.63) is 53.6 Å². The maximum Gasteiger partial charge on any atom is 0.261 e. The highest BCUT2D eigenvalue weighted by molar-refractivity contribution is 7.99. The quantitative estimate of drug-likeness (QED) is 0.580. The SMILES string of the molecule is O=C(CSCCN1C(=O)c2ccccc2C1=O)Nc1ccc2c(c1)OCCCO2. The predicted octanol–water partition coefficient (Wildman–Crippen LogP) is 2.82. The molecule has 0 atom stereocenters. The number of amides is 3. The second-order valence-electron chi connectivity index (χ2n) is 6.62. The Morgan fingerprint density at radius 3 is 2.41 bits per heavy atom. The normalized spacial score (nSPS) is 15.1. The summed E-state index contributed by atoms with van der Waals surface area (Å²) in [5.41, 5.74) is 1.52. The van der Waals surface area contributed by atoms with Crippen molar-refractivity contribution in [2.24, 2.45) is 0 Å². The lowest BCUT2D eigenvalue weighted by Gasteiger charge is -2.13. The number of thioether (sulfide) groups is 1. The Balaban J connectivity index is 1.24. The number of carbonyl (C=O) groups excluding carboxylic acids is 3. The Labute approximate surface area is 172 Å². The lowest BCUT2D eigenvalue weighted by molar-refractivity contribution is -0.113. The van der Waals surface area contributed by atoms with Crippen molar-refractivity contribution < 1.29 is 23.9 Å². The molecule has 2 aromatic rings. The van der Waals surface area contributed by atoms with E-state index in [1.807, 2.05) is 0 Å². The van der Waals surface area contributed by atoms with Gasteiger partial charge >= 0.3 is 0 Å². The largest absolute Gasteiger partial charge is 0.490 e. The minimum Gasteiger partial charge on any atom is -0.490 e. The average Bonchev–Trinajstić information content (AvgIpc) is 2.88. The van der Waals surface area contributed by atoms with Crippen LogP contribution in [0.4, 0.5) is 5.69 Å². The molecule has 8 heteroatoms. The first-order valence-electron chi connectivity index (χ1n) is 9.36. The van der Waals surface area contributed by atoms with E-state index in [-0.39, 0.29) is 30.0 Å². The second kappa shape index (κ2) is 8.57. The highest BCUT2D eigenvalue weighted by atomic mass is 32.2. The molecule has 0 aliphatic carbocycles. The molecule has 29 heavy (non-hydrogen) atoms. The van der Waals surface area contributed by atoms with Gasteiger partial charge in [-0.1, -0.05) is 12.1 Å². The van der Waals surface area contributed by atoms with E-state index in [1.165, 1.54) is 16.7 Å². The Kier molecular flexibility index (Phi) is 5.71. The predicted molar refractivity (Wildman–Crippen MR) is 110 cm³/mol. The van der Waals surface area contributed by atoms with Gasteiger partial charge in [0, 0.05) is 30.5 Å². The van der Waals surface area contributed by atoms with Crippen molar-refractivity contribution in [1.29, 1.82) is 0 Å². The van der Waals surface area contributed by atoms with Crippen LogP contribution in [0.15, 0.2) is 42.5 Å². The number of carbonyl (C=O) groups is 3. The molecular formula is C21H20N2O5S. The molecule has 7 nitrogen and oxygen atoms in total. The maximum absolute atomic E-state index is 12.3. The first-order valence-corrected chi connectivity index (χ1v) is 10.5. The molecule has 2 aliphatic rings. The van der Waals surface area contributed by atoms with Gasteiger partial charge in [-0.3, -0.25) is 19.3 Å². The Bertz CT molecular complexity index is 927. The molecule has 0 bridgehead atoms. The molecular weight excluding hydrogens is 392 g/mol. The second-order valence-corrected chi connectivity index (χ2v) is 7.73. The molecule has 150 valence electrons. The number of rotatable bonds is 6. The van der Waals surface area contributed by atoms with Crippen LogP contribution in [-0.2, 0) is 4.79 Å². The molecule has 0 fully saturated rings. The molecule has 2 aromatic carbocycles. The lowest BCUT2D eigenvalue weighted by atomic mass is 10.1. The number of imide groups is 1. The number of hydrogen-bond acceptors (Lipinski definition) is 6. The third-order valence-corrected chi connectivity index (χ3v) is 5.54. The molecule has 0 spiro atoms. The van der Waals surface area contributed by atoms with E-state index < -0.39 is 0 Å². The van der Waals surface area contributed by atoms with E-state index in [2.05, 4.69) is 5.32 Å². The van der Waals surface area contributed by atoms with E-state index in [9.17, 15) is 14.4 Å². The first-order chi connectivity index (χ1) is 14.1. The summed E-state index contributed by atoms with van der Waals surface area (Å²) in [6.45, 7) is 1.47. The fourth-order valence-corrected chi connectivity index (χ4v) is 3.91. The summed E-state index contributed by atoms with van der Waals surface area (Å²) in [4.78, 5) is 38.1. The van der Waals surface area contributed by atoms with Gasteiger partial charge in [-0.05, 0) is 24.3 Å². The topological polar surface area (TPSA) is 84.9 Å². The molecule has 3 amide bonds. The number of nitrogens with one attached hydrogen (secondary N) is 1. The molecule has 0 saturated carbocycles. The van der Waals surface area contributed by atoms with Gasteiger partial charge < -0.3 is 14.8 Å². The zero-order valence-corrected chi connectivity index (χ0v) is 16.5. The minimum atomic E-state index is -0.275. The zero-order chi connectivity index (χ0) is 20.2. The summed E-state index contributed by atoms with van der Waals surface area (Å²) >= 11 is 1.37. The zero-order valence-electron chi connectivity index (χ0n) is 15.7. The van der Waals surface area contributed by atoms with Crippen LogP contribution in [0.2, 0.25) is 0 Å². The average molecular weight is 412 g/mol. The number of ether oxygens (including phenoxy) is 2. The van der Waals surface area contributed by atoms with Crippen LogP contribution in [0.3, 0.4) is 0 Å². The van der Waals surface area contributed by atoms with Crippen molar-refractivity contribution in [2.75, 3.05) is 36.6 Å². The molecule has 2 aliphatic heterocycles. The van der Waals surface area contributed by atoms with Gasteiger partial charge in [-0.25, -0.2) is 0 Å². The lowest BCUT2D eigenvalue weighted by Crippen LogP contribution is -2.32. The maximum atomic E-state index is 12.3. The molecule has 2 heterocycles. The fourth-order valence-electron chi connectivity index (χ4n) is 3.20. The van der Waals surface area contributed by atoms with Crippen molar-refractivity contribution >= 4 is 35.2 Å². The van der Waals surface area contributed by atoms with Gasteiger partial charge in [-0.2, -0.15) is 11.8 Å². The summed E-state index contributed by atoms with van der Waals surface area (Å²) in [6.07, 6.45) is 0.820. The summed E-state index contributed by atoms with van der Waals surface area (Å²) < 4.78 is 11.2. The molecule has 1 N–H and O–H groups in total. The van der Waals surface area contributed by atoms with Crippen LogP contribution < -0.4 is 14.8 Å². The van der Waals surface area contributed by atoms with Gasteiger partial charge in [0.15, 0.2) is 11.5 Å². The van der Waals surface area contributed by atoms with Crippen LogP contribution >= 0.6 is 11.8 Å². The van der Waals surface area contributed by atoms with E-state index in [0.29, 0.717) is 47.3 Å². The van der Waals surface area contributed by atoms with Crippen LogP contribution in [0.25, 0.3) is 0 Å². The summed E-state index contributed by atoms with van der Waals surface area (Å²) in [7, 11) is 0. The van der Waals surface area contributed by atoms with Gasteiger partial charge in [0.25, 0.3) is 11.8 Å². The van der Waals surface area contributed by atoms with E-state index >= 15 is 0 Å². The Hall–Kier alpha value is -3.00. The molecule has 0 saturated heterocycles. The van der Waals surface area contributed by atoms with Crippen LogP contribution in [-0.4, -0.2) is 53.9 Å². The van der Waals surface area contributed by atoms with Crippen molar-refractivity contribution in [3.8, 4) is 11.5 Å². The van der Waals surface area contributed by atoms with Crippen molar-refractivity contribution in [2.45, 2.75) is 6.42 Å². The number of fused-ring (bicyclic) bond motifs is 2. The number of anilines is 1. The fraction of sp³-hybridized carbons (Fsp3) is 0.286. The summed E-state index contributed by atoms with van der Waals surface area (Å²) in [5.74, 6) is 1.30. The van der Waals surface area contributed by atoms with E-state index in [0.717, 1.165) is 6.42 Å². The van der Waals surface area contributed by atoms with Crippen LogP contribution in [0.1, 0.15) is 27.1 Å². The highest BCUT2D eigenvalue weighted by Crippen LogP contribution is 2.32. The summed E-state index contributed by atoms with van der Waals surface area (Å²) in [5, 5.41) is 2.83. The Morgan fingerprint density at radius 1 is 1.00 bits per heavy atom.